The highest BCUT2D eigenvalue weighted by Crippen LogP contribution is 2.33. The van der Waals surface area contributed by atoms with Gasteiger partial charge in [-0.25, -0.2) is 4.21 Å². The number of ether oxygens (including phenoxy) is 1. The van der Waals surface area contributed by atoms with Crippen LogP contribution in [-0.2, 0) is 10.8 Å². The van der Waals surface area contributed by atoms with Gasteiger partial charge in [0.1, 0.15) is 5.75 Å². The highest BCUT2D eigenvalue weighted by Gasteiger charge is 2.31. The molecule has 1 aliphatic carbocycles. The zero-order valence-electron chi connectivity index (χ0n) is 14.8. The zero-order chi connectivity index (χ0) is 19.1. The van der Waals surface area contributed by atoms with Crippen molar-refractivity contribution in [3.8, 4) is 5.75 Å². The molecule has 0 saturated carbocycles. The summed E-state index contributed by atoms with van der Waals surface area (Å²) in [4.78, 5) is 26.3. The third-order valence-corrected chi connectivity index (χ3v) is 6.05. The summed E-state index contributed by atoms with van der Waals surface area (Å²) in [5.74, 6) is -0.112. The fourth-order valence-electron chi connectivity index (χ4n) is 3.19. The normalized spacial score (nSPS) is 14.7. The van der Waals surface area contributed by atoms with E-state index in [1.807, 2.05) is 25.1 Å². The van der Waals surface area contributed by atoms with E-state index in [1.54, 1.807) is 43.5 Å². The predicted octanol–water partition coefficient (Wildman–Crippen LogP) is 4.23. The van der Waals surface area contributed by atoms with E-state index in [9.17, 15) is 13.8 Å². The quantitative estimate of drug-likeness (QED) is 0.686. The molecule has 0 saturated heterocycles. The molecule has 0 bridgehead atoms. The van der Waals surface area contributed by atoms with Crippen molar-refractivity contribution in [1.82, 2.24) is 0 Å². The van der Waals surface area contributed by atoms with E-state index in [0.717, 1.165) is 10.9 Å². The van der Waals surface area contributed by atoms with Crippen molar-refractivity contribution in [1.29, 1.82) is 0 Å². The van der Waals surface area contributed by atoms with Gasteiger partial charge in [0, 0.05) is 22.1 Å². The molecule has 1 atom stereocenters. The van der Waals surface area contributed by atoms with Gasteiger partial charge in [0.05, 0.1) is 22.8 Å². The fourth-order valence-corrected chi connectivity index (χ4v) is 4.31. The summed E-state index contributed by atoms with van der Waals surface area (Å²) < 4.78 is 18.2. The molecule has 0 aliphatic heterocycles. The molecular weight excluding hydrogens is 360 g/mol. The Hall–Kier alpha value is -3.05. The van der Waals surface area contributed by atoms with Crippen molar-refractivity contribution in [2.24, 2.45) is 0 Å². The molecule has 0 radical (unpaired) electrons. The van der Waals surface area contributed by atoms with Gasteiger partial charge in [-0.2, -0.15) is 0 Å². The maximum atomic E-state index is 13.2. The lowest BCUT2D eigenvalue weighted by Gasteiger charge is -2.17. The molecule has 0 fully saturated rings. The van der Waals surface area contributed by atoms with Gasteiger partial charge in [0.15, 0.2) is 5.78 Å². The average molecular weight is 376 g/mol. The highest BCUT2D eigenvalue weighted by molar-refractivity contribution is 7.90. The number of methoxy groups -OCH3 is 1. The topological polar surface area (TPSA) is 60.4 Å². The molecule has 0 aromatic heterocycles. The number of allylic oxidation sites excluding steroid dienone is 2. The number of ketones is 2. The third kappa shape index (κ3) is 2.90. The van der Waals surface area contributed by atoms with Crippen molar-refractivity contribution in [3.63, 3.8) is 0 Å². The van der Waals surface area contributed by atoms with Gasteiger partial charge < -0.3 is 4.74 Å². The van der Waals surface area contributed by atoms with Crippen molar-refractivity contribution < 1.29 is 18.5 Å². The molecule has 0 amide bonds. The van der Waals surface area contributed by atoms with Crippen LogP contribution in [0.4, 0.5) is 0 Å². The lowest BCUT2D eigenvalue weighted by Crippen LogP contribution is -2.20. The summed E-state index contributed by atoms with van der Waals surface area (Å²) in [5.41, 5.74) is 1.64. The fraction of sp³-hybridized carbons (Fsp3) is 0.0909. The van der Waals surface area contributed by atoms with Crippen LogP contribution in [-0.4, -0.2) is 22.9 Å². The summed E-state index contributed by atoms with van der Waals surface area (Å²) >= 11 is 0. The minimum Gasteiger partial charge on any atom is -0.497 e. The Morgan fingerprint density at radius 1 is 0.926 bits per heavy atom. The number of carbonyl (C=O) groups excluding carboxylic acids is 2. The predicted molar refractivity (Wildman–Crippen MR) is 105 cm³/mol. The third-order valence-electron chi connectivity index (χ3n) is 4.64. The molecule has 1 unspecified atom stereocenters. The standard InChI is InChI=1S/C22H16O4S/c1-13-3-8-16(9-4-13)27(25)20-12-19(23)17-10-6-14-5-7-15(26-2)11-18(14)21(17)22(20)24/h3-12H,1-2H3. The molecule has 1 aliphatic rings. The second kappa shape index (κ2) is 6.59. The van der Waals surface area contributed by atoms with Crippen molar-refractivity contribution in [2.45, 2.75) is 11.8 Å². The number of hydrogen-bond acceptors (Lipinski definition) is 4. The average Bonchev–Trinajstić information content (AvgIpc) is 2.69. The van der Waals surface area contributed by atoms with Gasteiger partial charge in [-0.1, -0.05) is 29.8 Å². The SMILES string of the molecule is COc1ccc2ccc3c(c2c1)C(=O)C(S(=O)c1ccc(C)cc1)=CC3=O. The summed E-state index contributed by atoms with van der Waals surface area (Å²) in [7, 11) is -0.184. The van der Waals surface area contributed by atoms with E-state index in [2.05, 4.69) is 0 Å². The molecular formula is C22H16O4S. The molecule has 4 rings (SSSR count). The monoisotopic (exact) mass is 376 g/mol. The summed E-state index contributed by atoms with van der Waals surface area (Å²) in [6.07, 6.45) is 1.20. The van der Waals surface area contributed by atoms with Crippen LogP contribution in [0.3, 0.4) is 0 Å². The first-order chi connectivity index (χ1) is 13.0. The number of rotatable bonds is 3. The van der Waals surface area contributed by atoms with Crippen LogP contribution < -0.4 is 4.74 Å². The zero-order valence-corrected chi connectivity index (χ0v) is 15.6. The Morgan fingerprint density at radius 3 is 2.33 bits per heavy atom. The van der Waals surface area contributed by atoms with Crippen LogP contribution >= 0.6 is 0 Å². The van der Waals surface area contributed by atoms with Gasteiger partial charge in [0.25, 0.3) is 0 Å². The van der Waals surface area contributed by atoms with Gasteiger partial charge in [0.2, 0.25) is 5.78 Å². The second-order valence-corrected chi connectivity index (χ2v) is 7.81. The van der Waals surface area contributed by atoms with Crippen LogP contribution in [0, 0.1) is 6.92 Å². The van der Waals surface area contributed by atoms with Gasteiger partial charge in [-0.05, 0) is 48.0 Å². The van der Waals surface area contributed by atoms with E-state index in [-0.39, 0.29) is 22.0 Å². The molecule has 3 aromatic carbocycles. The molecule has 0 heterocycles. The molecule has 27 heavy (non-hydrogen) atoms. The number of hydrogen-bond donors (Lipinski definition) is 0. The smallest absolute Gasteiger partial charge is 0.203 e. The first-order valence-corrected chi connectivity index (χ1v) is 9.54. The Balaban J connectivity index is 1.88. The van der Waals surface area contributed by atoms with E-state index in [4.69, 9.17) is 4.74 Å². The van der Waals surface area contributed by atoms with Crippen molar-refractivity contribution >= 4 is 33.1 Å². The van der Waals surface area contributed by atoms with E-state index in [0.29, 0.717) is 21.6 Å². The van der Waals surface area contributed by atoms with Crippen LogP contribution in [0.5, 0.6) is 5.75 Å². The molecule has 0 N–H and O–H groups in total. The Morgan fingerprint density at radius 2 is 1.63 bits per heavy atom. The van der Waals surface area contributed by atoms with E-state index in [1.165, 1.54) is 6.08 Å². The molecule has 5 heteroatoms. The van der Waals surface area contributed by atoms with Crippen LogP contribution in [0.25, 0.3) is 10.8 Å². The maximum Gasteiger partial charge on any atom is 0.203 e. The molecule has 0 spiro atoms. The highest BCUT2D eigenvalue weighted by atomic mass is 32.2. The van der Waals surface area contributed by atoms with Gasteiger partial charge >= 0.3 is 0 Å². The van der Waals surface area contributed by atoms with Crippen LogP contribution in [0.2, 0.25) is 0 Å². The largest absolute Gasteiger partial charge is 0.497 e. The number of benzene rings is 3. The van der Waals surface area contributed by atoms with Crippen LogP contribution in [0.1, 0.15) is 26.3 Å². The van der Waals surface area contributed by atoms with Crippen molar-refractivity contribution in [3.05, 3.63) is 82.3 Å². The van der Waals surface area contributed by atoms with E-state index < -0.39 is 10.8 Å². The number of aryl methyl sites for hydroxylation is 1. The maximum absolute atomic E-state index is 13.2. The van der Waals surface area contributed by atoms with Gasteiger partial charge in [-0.15, -0.1) is 0 Å². The molecule has 3 aromatic rings. The Bertz CT molecular complexity index is 1160. The summed E-state index contributed by atoms with van der Waals surface area (Å²) in [6.45, 7) is 1.93. The summed E-state index contributed by atoms with van der Waals surface area (Å²) in [6, 6.07) is 15.9. The minimum atomic E-state index is -1.73. The Kier molecular flexibility index (Phi) is 4.24. The molecule has 4 nitrogen and oxygen atoms in total. The van der Waals surface area contributed by atoms with Crippen LogP contribution in [0.15, 0.2) is 70.5 Å². The van der Waals surface area contributed by atoms with E-state index >= 15 is 0 Å². The summed E-state index contributed by atoms with van der Waals surface area (Å²) in [5, 5.41) is 1.44. The molecule has 134 valence electrons. The minimum absolute atomic E-state index is 0.00618. The Labute approximate surface area is 158 Å². The number of Topliss-reactive ketones (excluding diaryl/α,β-unsaturated/α-hetero) is 1. The lowest BCUT2D eigenvalue weighted by molar-refractivity contribution is 0.0992. The first kappa shape index (κ1) is 17.4. The number of carbonyl (C=O) groups is 2. The first-order valence-electron chi connectivity index (χ1n) is 8.39. The number of fused-ring (bicyclic) bond motifs is 3. The van der Waals surface area contributed by atoms with Gasteiger partial charge in [-0.3, -0.25) is 9.59 Å². The lowest BCUT2D eigenvalue weighted by atomic mass is 9.89. The van der Waals surface area contributed by atoms with Crippen molar-refractivity contribution in [2.75, 3.05) is 7.11 Å². The second-order valence-electron chi connectivity index (χ2n) is 6.36.